The van der Waals surface area contributed by atoms with Crippen LogP contribution >= 0.6 is 0 Å². The van der Waals surface area contributed by atoms with Gasteiger partial charge in [-0.1, -0.05) is 62.9 Å². The highest BCUT2D eigenvalue weighted by Crippen LogP contribution is 2.33. The van der Waals surface area contributed by atoms with Crippen molar-refractivity contribution in [3.05, 3.63) is 83.3 Å². The van der Waals surface area contributed by atoms with Gasteiger partial charge in [-0.05, 0) is 59.5 Å². The van der Waals surface area contributed by atoms with E-state index >= 15 is 0 Å². The highest BCUT2D eigenvalue weighted by atomic mass is 19.1. The lowest BCUT2D eigenvalue weighted by Gasteiger charge is -2.30. The number of rotatable bonds is 8. The second kappa shape index (κ2) is 11.9. The third-order valence-corrected chi connectivity index (χ3v) is 8.18. The molecule has 3 N–H and O–H groups in total. The number of piperidine rings is 1. The van der Waals surface area contributed by atoms with E-state index in [-0.39, 0.29) is 12.0 Å². The number of carbonyl (C=O) groups excluding carboxylic acids is 1. The summed E-state index contributed by atoms with van der Waals surface area (Å²) in [6.07, 6.45) is 4.72. The molecule has 4 heterocycles. The molecule has 0 radical (unpaired) electrons. The predicted octanol–water partition coefficient (Wildman–Crippen LogP) is 5.06. The Bertz CT molecular complexity index is 1620. The van der Waals surface area contributed by atoms with Crippen molar-refractivity contribution in [2.75, 3.05) is 30.3 Å². The van der Waals surface area contributed by atoms with Crippen LogP contribution in [0.4, 0.5) is 16.3 Å². The molecule has 0 saturated carbocycles. The van der Waals surface area contributed by atoms with Crippen LogP contribution in [0.5, 0.6) is 0 Å². The van der Waals surface area contributed by atoms with Gasteiger partial charge in [0.15, 0.2) is 11.5 Å². The third kappa shape index (κ3) is 5.59. The van der Waals surface area contributed by atoms with E-state index in [0.717, 1.165) is 59.4 Å². The molecule has 9 nitrogen and oxygen atoms in total. The minimum absolute atomic E-state index is 0.272. The van der Waals surface area contributed by atoms with Crippen molar-refractivity contribution >= 4 is 23.5 Å². The van der Waals surface area contributed by atoms with Crippen molar-refractivity contribution in [3.8, 4) is 11.1 Å². The zero-order valence-electron chi connectivity index (χ0n) is 24.2. The van der Waals surface area contributed by atoms with Crippen LogP contribution in [0.3, 0.4) is 0 Å². The van der Waals surface area contributed by atoms with Gasteiger partial charge >= 0.3 is 0 Å². The maximum absolute atomic E-state index is 13.5. The average molecular weight is 569 g/mol. The van der Waals surface area contributed by atoms with Crippen molar-refractivity contribution in [1.29, 1.82) is 0 Å². The molecule has 0 unspecified atom stereocenters. The molecule has 2 aromatic heterocycles. The summed E-state index contributed by atoms with van der Waals surface area (Å²) in [5.74, 6) is -0.0603. The molecule has 42 heavy (non-hydrogen) atoms. The van der Waals surface area contributed by atoms with Gasteiger partial charge < -0.3 is 20.9 Å². The van der Waals surface area contributed by atoms with Gasteiger partial charge in [0.05, 0.1) is 6.20 Å². The molecular weight excluding hydrogens is 531 g/mol. The van der Waals surface area contributed by atoms with E-state index < -0.39 is 11.7 Å². The molecule has 0 aliphatic carbocycles. The Labute approximate surface area is 245 Å². The van der Waals surface area contributed by atoms with Gasteiger partial charge in [-0.3, -0.25) is 4.79 Å². The Hall–Kier alpha value is -4.31. The molecule has 10 heteroatoms. The number of halogens is 1. The maximum atomic E-state index is 13.5. The van der Waals surface area contributed by atoms with Crippen molar-refractivity contribution in [1.82, 2.24) is 29.8 Å². The fourth-order valence-corrected chi connectivity index (χ4v) is 5.96. The van der Waals surface area contributed by atoms with E-state index in [1.807, 2.05) is 30.5 Å². The Kier molecular flexibility index (Phi) is 7.88. The predicted molar refractivity (Wildman–Crippen MR) is 163 cm³/mol. The molecule has 2 aromatic carbocycles. The number of fused-ring (bicyclic) bond motifs is 2. The van der Waals surface area contributed by atoms with Crippen LogP contribution in [0.25, 0.3) is 16.8 Å². The quantitative estimate of drug-likeness (QED) is 0.256. The van der Waals surface area contributed by atoms with E-state index in [1.54, 1.807) is 4.52 Å². The molecule has 4 aromatic rings. The minimum atomic E-state index is -0.920. The van der Waals surface area contributed by atoms with E-state index in [9.17, 15) is 9.18 Å². The van der Waals surface area contributed by atoms with Crippen LogP contribution in [-0.2, 0) is 24.3 Å². The van der Waals surface area contributed by atoms with Gasteiger partial charge in [0, 0.05) is 37.8 Å². The van der Waals surface area contributed by atoms with Crippen molar-refractivity contribution in [3.63, 3.8) is 0 Å². The number of hydrogen-bond donors (Lipinski definition) is 3. The molecule has 6 rings (SSSR count). The molecule has 2 aliphatic heterocycles. The molecular formula is C32H37FN8O. The molecule has 1 saturated heterocycles. The van der Waals surface area contributed by atoms with Gasteiger partial charge in [-0.25, -0.2) is 4.39 Å². The summed E-state index contributed by atoms with van der Waals surface area (Å²) in [5, 5.41) is 15.2. The summed E-state index contributed by atoms with van der Waals surface area (Å²) in [6, 6.07) is 14.7. The zero-order valence-corrected chi connectivity index (χ0v) is 24.2. The normalized spacial score (nSPS) is 16.9. The summed E-state index contributed by atoms with van der Waals surface area (Å²) in [6.45, 7) is 10.7. The lowest BCUT2D eigenvalue weighted by molar-refractivity contribution is -0.129. The molecule has 0 bridgehead atoms. The molecule has 1 fully saturated rings. The fraction of sp³-hybridized carbons (Fsp3) is 0.375. The van der Waals surface area contributed by atoms with Crippen LogP contribution in [0.2, 0.25) is 0 Å². The topological polar surface area (TPSA) is 99.5 Å². The van der Waals surface area contributed by atoms with Crippen molar-refractivity contribution in [2.45, 2.75) is 58.2 Å². The van der Waals surface area contributed by atoms with E-state index in [2.05, 4.69) is 59.7 Å². The monoisotopic (exact) mass is 568 g/mol. The molecule has 0 spiro atoms. The number of anilines is 2. The standard InChI is InChI=1S/C32H37FN8O/c1-20(2)28-18-36-41-29(28)38-31(37-24-10-7-14-34-17-24)39-32(41)35-16-22-8-4-5-11-25(22)27-12-6-9-23-19-40(15-13-26(23)27)30(42)21(3)33/h4-6,8-9,11-12,18,20,24,34H,3,7,10,13-17,19H2,1-2H3,(H2,35,37,38,39)/t24-/m1/s1. The second-order valence-electron chi connectivity index (χ2n) is 11.4. The highest BCUT2D eigenvalue weighted by Gasteiger charge is 2.25. The summed E-state index contributed by atoms with van der Waals surface area (Å²) < 4.78 is 15.3. The summed E-state index contributed by atoms with van der Waals surface area (Å²) in [5.41, 5.74) is 7.42. The first-order valence-electron chi connectivity index (χ1n) is 14.7. The fourth-order valence-electron chi connectivity index (χ4n) is 5.96. The Morgan fingerprint density at radius 3 is 2.79 bits per heavy atom. The van der Waals surface area contributed by atoms with Crippen LogP contribution in [-0.4, -0.2) is 56.1 Å². The molecule has 1 amide bonds. The largest absolute Gasteiger partial charge is 0.350 e. The van der Waals surface area contributed by atoms with Crippen molar-refractivity contribution in [2.24, 2.45) is 0 Å². The summed E-state index contributed by atoms with van der Waals surface area (Å²) >= 11 is 0. The van der Waals surface area contributed by atoms with Crippen LogP contribution in [0, 0.1) is 0 Å². The minimum Gasteiger partial charge on any atom is -0.350 e. The first-order chi connectivity index (χ1) is 20.4. The van der Waals surface area contributed by atoms with Crippen LogP contribution in [0.1, 0.15) is 54.9 Å². The Balaban J connectivity index is 1.30. The maximum Gasteiger partial charge on any atom is 0.282 e. The van der Waals surface area contributed by atoms with Gasteiger partial charge in [-0.2, -0.15) is 19.6 Å². The number of amides is 1. The first kappa shape index (κ1) is 27.8. The van der Waals surface area contributed by atoms with Gasteiger partial charge in [-0.15, -0.1) is 0 Å². The summed E-state index contributed by atoms with van der Waals surface area (Å²) in [4.78, 5) is 23.5. The van der Waals surface area contributed by atoms with Gasteiger partial charge in [0.2, 0.25) is 11.9 Å². The Morgan fingerprint density at radius 2 is 2.00 bits per heavy atom. The SMILES string of the molecule is C=C(F)C(=O)N1CCc2c(cccc2-c2ccccc2CNc2nc(N[C@@H]3CCCNC3)nc3c(C(C)C)cnn23)C1. The third-order valence-electron chi connectivity index (χ3n) is 8.18. The number of aromatic nitrogens is 4. The smallest absolute Gasteiger partial charge is 0.282 e. The Morgan fingerprint density at radius 1 is 1.17 bits per heavy atom. The summed E-state index contributed by atoms with van der Waals surface area (Å²) in [7, 11) is 0. The molecule has 218 valence electrons. The molecule has 2 aliphatic rings. The highest BCUT2D eigenvalue weighted by molar-refractivity contribution is 5.91. The second-order valence-corrected chi connectivity index (χ2v) is 11.4. The zero-order chi connectivity index (χ0) is 29.2. The number of nitrogens with one attached hydrogen (secondary N) is 3. The number of benzene rings is 2. The lowest BCUT2D eigenvalue weighted by Crippen LogP contribution is -2.38. The van der Waals surface area contributed by atoms with Gasteiger partial charge in [0.25, 0.3) is 5.91 Å². The number of carbonyl (C=O) groups is 1. The van der Waals surface area contributed by atoms with E-state index in [1.165, 1.54) is 10.5 Å². The van der Waals surface area contributed by atoms with E-state index in [0.29, 0.717) is 38.0 Å². The van der Waals surface area contributed by atoms with E-state index in [4.69, 9.17) is 9.97 Å². The first-order valence-corrected chi connectivity index (χ1v) is 14.7. The van der Waals surface area contributed by atoms with Crippen LogP contribution < -0.4 is 16.0 Å². The average Bonchev–Trinajstić information content (AvgIpc) is 3.44. The molecule has 1 atom stereocenters. The van der Waals surface area contributed by atoms with Crippen molar-refractivity contribution < 1.29 is 9.18 Å². The number of hydrogen-bond acceptors (Lipinski definition) is 7. The van der Waals surface area contributed by atoms with Gasteiger partial charge in [0.1, 0.15) is 0 Å². The number of nitrogens with zero attached hydrogens (tertiary/aromatic N) is 5. The lowest BCUT2D eigenvalue weighted by atomic mass is 9.88. The van der Waals surface area contributed by atoms with Crippen LogP contribution in [0.15, 0.2) is 61.1 Å².